The van der Waals surface area contributed by atoms with Crippen molar-refractivity contribution in [1.82, 2.24) is 0 Å². The Morgan fingerprint density at radius 3 is 2.16 bits per heavy atom. The number of anilines is 1. The maximum absolute atomic E-state index is 5.19. The third kappa shape index (κ3) is 6.07. The smallest absolute Gasteiger partial charge is 0.211 e. The second-order valence-electron chi connectivity index (χ2n) is 3.73. The molecule has 0 bridgehead atoms. The highest BCUT2D eigenvalue weighted by Gasteiger charge is 2.04. The number of alkyl halides is 2. The molecule has 1 rings (SSSR count). The quantitative estimate of drug-likeness (QED) is 0.323. The summed E-state index contributed by atoms with van der Waals surface area (Å²) in [5, 5.41) is 9.20. The van der Waals surface area contributed by atoms with E-state index >= 15 is 0 Å². The summed E-state index contributed by atoms with van der Waals surface area (Å²) in [6, 6.07) is 8.08. The molecular formula is C12H17Br2N5. The van der Waals surface area contributed by atoms with Crippen LogP contribution in [0.25, 0.3) is 0 Å². The molecule has 1 aromatic rings. The SMILES string of the molecule is NC(N)=NN=Cc1ccc(N(CCBr)CCBr)cc1. The van der Waals surface area contributed by atoms with Crippen LogP contribution >= 0.6 is 31.9 Å². The van der Waals surface area contributed by atoms with E-state index < -0.39 is 0 Å². The average molecular weight is 391 g/mol. The molecule has 104 valence electrons. The molecule has 0 radical (unpaired) electrons. The topological polar surface area (TPSA) is 80.0 Å². The van der Waals surface area contributed by atoms with Crippen molar-refractivity contribution in [3.63, 3.8) is 0 Å². The summed E-state index contributed by atoms with van der Waals surface area (Å²) < 4.78 is 0. The van der Waals surface area contributed by atoms with Gasteiger partial charge >= 0.3 is 0 Å². The molecule has 0 aliphatic carbocycles. The van der Waals surface area contributed by atoms with Gasteiger partial charge in [-0.2, -0.15) is 5.10 Å². The first-order valence-corrected chi connectivity index (χ1v) is 8.00. The molecule has 0 saturated heterocycles. The molecule has 0 spiro atoms. The van der Waals surface area contributed by atoms with Gasteiger partial charge in [0.15, 0.2) is 0 Å². The van der Waals surface area contributed by atoms with Gasteiger partial charge in [0.05, 0.1) is 6.21 Å². The lowest BCUT2D eigenvalue weighted by Crippen LogP contribution is -2.27. The Morgan fingerprint density at radius 2 is 1.68 bits per heavy atom. The van der Waals surface area contributed by atoms with Crippen LogP contribution in [0.4, 0.5) is 5.69 Å². The second kappa shape index (κ2) is 8.92. The van der Waals surface area contributed by atoms with Crippen LogP contribution in [-0.2, 0) is 0 Å². The van der Waals surface area contributed by atoms with Gasteiger partial charge in [-0.1, -0.05) is 44.0 Å². The van der Waals surface area contributed by atoms with Gasteiger partial charge in [-0.15, -0.1) is 5.10 Å². The Kier molecular flexibility index (Phi) is 7.50. The number of halogens is 2. The van der Waals surface area contributed by atoms with E-state index in [0.717, 1.165) is 29.3 Å². The van der Waals surface area contributed by atoms with Crippen molar-refractivity contribution in [3.8, 4) is 0 Å². The normalized spacial score (nSPS) is 10.6. The van der Waals surface area contributed by atoms with E-state index in [1.807, 2.05) is 12.1 Å². The standard InChI is InChI=1S/C12H17Br2N5/c13-5-7-19(8-6-14)11-3-1-10(2-4-11)9-17-18-12(15)16/h1-4,9H,5-8H2,(H4,15,16,18). The number of hydrogen-bond donors (Lipinski definition) is 2. The Morgan fingerprint density at radius 1 is 1.11 bits per heavy atom. The molecule has 0 heterocycles. The number of rotatable bonds is 7. The number of nitrogens with zero attached hydrogens (tertiary/aromatic N) is 3. The molecule has 1 aromatic carbocycles. The lowest BCUT2D eigenvalue weighted by Gasteiger charge is -2.23. The zero-order valence-corrected chi connectivity index (χ0v) is 13.6. The largest absolute Gasteiger partial charge is 0.370 e. The first-order chi connectivity index (χ1) is 9.17. The van der Waals surface area contributed by atoms with Gasteiger partial charge in [0.2, 0.25) is 5.96 Å². The van der Waals surface area contributed by atoms with Crippen LogP contribution in [0.1, 0.15) is 5.56 Å². The molecule has 0 amide bonds. The third-order valence-corrected chi connectivity index (χ3v) is 3.06. The summed E-state index contributed by atoms with van der Waals surface area (Å²) in [7, 11) is 0. The fourth-order valence-electron chi connectivity index (χ4n) is 1.51. The van der Waals surface area contributed by atoms with Crippen LogP contribution in [0, 0.1) is 0 Å². The lowest BCUT2D eigenvalue weighted by atomic mass is 10.2. The predicted molar refractivity (Wildman–Crippen MR) is 89.6 cm³/mol. The highest BCUT2D eigenvalue weighted by Crippen LogP contribution is 2.15. The lowest BCUT2D eigenvalue weighted by molar-refractivity contribution is 0.885. The highest BCUT2D eigenvalue weighted by molar-refractivity contribution is 9.09. The molecule has 19 heavy (non-hydrogen) atoms. The van der Waals surface area contributed by atoms with Gasteiger partial charge in [0, 0.05) is 29.4 Å². The summed E-state index contributed by atoms with van der Waals surface area (Å²) >= 11 is 6.93. The summed E-state index contributed by atoms with van der Waals surface area (Å²) in [6.45, 7) is 1.93. The number of nitrogens with two attached hydrogens (primary N) is 2. The Balaban J connectivity index is 2.74. The van der Waals surface area contributed by atoms with Crippen LogP contribution in [0.3, 0.4) is 0 Å². The Labute approximate surface area is 130 Å². The first kappa shape index (κ1) is 16.0. The summed E-state index contributed by atoms with van der Waals surface area (Å²) in [4.78, 5) is 2.29. The van der Waals surface area contributed by atoms with Crippen LogP contribution in [0.2, 0.25) is 0 Å². The number of hydrogen-bond acceptors (Lipinski definition) is 3. The fraction of sp³-hybridized carbons (Fsp3) is 0.333. The molecule has 0 fully saturated rings. The maximum Gasteiger partial charge on any atom is 0.211 e. The summed E-state index contributed by atoms with van der Waals surface area (Å²) in [6.07, 6.45) is 1.61. The van der Waals surface area contributed by atoms with Crippen molar-refractivity contribution in [2.75, 3.05) is 28.6 Å². The maximum atomic E-state index is 5.19. The van der Waals surface area contributed by atoms with E-state index in [1.54, 1.807) is 6.21 Å². The van der Waals surface area contributed by atoms with E-state index in [4.69, 9.17) is 11.5 Å². The molecule has 5 nitrogen and oxygen atoms in total. The van der Waals surface area contributed by atoms with Crippen LogP contribution in [0.15, 0.2) is 34.5 Å². The Hall–Kier alpha value is -1.08. The van der Waals surface area contributed by atoms with E-state index in [1.165, 1.54) is 5.69 Å². The van der Waals surface area contributed by atoms with Crippen molar-refractivity contribution in [3.05, 3.63) is 29.8 Å². The van der Waals surface area contributed by atoms with E-state index in [0.29, 0.717) is 0 Å². The highest BCUT2D eigenvalue weighted by atomic mass is 79.9. The average Bonchev–Trinajstić information content (AvgIpc) is 2.39. The van der Waals surface area contributed by atoms with Crippen LogP contribution < -0.4 is 16.4 Å². The molecule has 0 aliphatic heterocycles. The molecule has 0 aromatic heterocycles. The zero-order chi connectivity index (χ0) is 14.1. The molecule has 0 atom stereocenters. The van der Waals surface area contributed by atoms with Crippen LogP contribution in [-0.4, -0.2) is 35.9 Å². The van der Waals surface area contributed by atoms with Gasteiger partial charge in [-0.05, 0) is 17.7 Å². The van der Waals surface area contributed by atoms with Gasteiger partial charge in [0.25, 0.3) is 0 Å². The van der Waals surface area contributed by atoms with E-state index in [2.05, 4.69) is 59.1 Å². The molecule has 7 heteroatoms. The number of guanidine groups is 1. The molecule has 0 saturated carbocycles. The molecule has 0 aliphatic rings. The predicted octanol–water partition coefficient (Wildman–Crippen LogP) is 1.89. The van der Waals surface area contributed by atoms with Crippen molar-refractivity contribution in [2.24, 2.45) is 21.7 Å². The second-order valence-corrected chi connectivity index (χ2v) is 5.31. The first-order valence-electron chi connectivity index (χ1n) is 5.76. The van der Waals surface area contributed by atoms with Gasteiger partial charge < -0.3 is 16.4 Å². The Bertz CT molecular complexity index is 420. The molecule has 0 unspecified atom stereocenters. The van der Waals surface area contributed by atoms with Crippen molar-refractivity contribution in [2.45, 2.75) is 0 Å². The fourth-order valence-corrected chi connectivity index (χ4v) is 2.36. The van der Waals surface area contributed by atoms with Crippen molar-refractivity contribution < 1.29 is 0 Å². The molecular weight excluding hydrogens is 374 g/mol. The minimum atomic E-state index is -0.0475. The number of benzene rings is 1. The van der Waals surface area contributed by atoms with Gasteiger partial charge in [-0.3, -0.25) is 0 Å². The third-order valence-electron chi connectivity index (χ3n) is 2.35. The minimum Gasteiger partial charge on any atom is -0.370 e. The van der Waals surface area contributed by atoms with Gasteiger partial charge in [0.1, 0.15) is 0 Å². The zero-order valence-electron chi connectivity index (χ0n) is 10.5. The minimum absolute atomic E-state index is 0.0475. The van der Waals surface area contributed by atoms with E-state index in [9.17, 15) is 0 Å². The summed E-state index contributed by atoms with van der Waals surface area (Å²) in [5.74, 6) is -0.0475. The van der Waals surface area contributed by atoms with Crippen LogP contribution in [0.5, 0.6) is 0 Å². The van der Waals surface area contributed by atoms with Crippen molar-refractivity contribution >= 4 is 49.7 Å². The monoisotopic (exact) mass is 389 g/mol. The van der Waals surface area contributed by atoms with Gasteiger partial charge in [-0.25, -0.2) is 0 Å². The van der Waals surface area contributed by atoms with E-state index in [-0.39, 0.29) is 5.96 Å². The van der Waals surface area contributed by atoms with Crippen molar-refractivity contribution in [1.29, 1.82) is 0 Å². The summed E-state index contributed by atoms with van der Waals surface area (Å²) in [5.41, 5.74) is 12.5. The molecule has 4 N–H and O–H groups in total.